The molecule has 6 heteroatoms. The van der Waals surface area contributed by atoms with Crippen molar-refractivity contribution in [2.45, 2.75) is 84.5 Å². The Kier molecular flexibility index (Phi) is 16.2. The van der Waals surface area contributed by atoms with Crippen LogP contribution in [0.1, 0.15) is 89.2 Å². The Morgan fingerprint density at radius 1 is 0.615 bits per heavy atom. The van der Waals surface area contributed by atoms with Gasteiger partial charge >= 0.3 is 0 Å². The molecule has 0 heterocycles. The quantitative estimate of drug-likeness (QED) is 0.180. The number of anilines is 2. The molecule has 0 unspecified atom stereocenters. The van der Waals surface area contributed by atoms with E-state index in [1.807, 2.05) is 36.4 Å². The second-order valence-corrected chi connectivity index (χ2v) is 10.9. The number of unbranched alkanes of at least 4 members (excludes halogenated alkanes) is 4. The fourth-order valence-corrected chi connectivity index (χ4v) is 4.71. The molecular weight excluding hydrogens is 484 g/mol. The molecule has 0 saturated carbocycles. The normalized spacial score (nSPS) is 11.2. The van der Waals surface area contributed by atoms with Crippen molar-refractivity contribution in [1.82, 2.24) is 9.80 Å². The van der Waals surface area contributed by atoms with Crippen molar-refractivity contribution in [2.24, 2.45) is 0 Å². The molecule has 0 fully saturated rings. The maximum absolute atomic E-state index is 12.5. The molecule has 6 nitrogen and oxygen atoms in total. The standard InChI is InChI=1S/C33H52N4O2/c1-5-7-9-21-36(3)23-13-19-32(38)34-30-17-11-15-28(26-30)25-29-16-12-18-31(27-29)35-33(39)20-14-24-37(4)22-10-8-6-2/h11-12,15-18,26-27H,5-10,13-14,19-25H2,1-4H3,(H,34,38)(H,35,39). The lowest BCUT2D eigenvalue weighted by atomic mass is 10.0. The van der Waals surface area contributed by atoms with Gasteiger partial charge in [0.1, 0.15) is 0 Å². The summed E-state index contributed by atoms with van der Waals surface area (Å²) < 4.78 is 0. The van der Waals surface area contributed by atoms with Crippen LogP contribution in [-0.2, 0) is 16.0 Å². The topological polar surface area (TPSA) is 64.7 Å². The maximum Gasteiger partial charge on any atom is 0.224 e. The summed E-state index contributed by atoms with van der Waals surface area (Å²) >= 11 is 0. The minimum absolute atomic E-state index is 0.0611. The summed E-state index contributed by atoms with van der Waals surface area (Å²) in [5.74, 6) is 0.122. The largest absolute Gasteiger partial charge is 0.326 e. The van der Waals surface area contributed by atoms with Crippen LogP contribution in [0.5, 0.6) is 0 Å². The predicted octanol–water partition coefficient (Wildman–Crippen LogP) is 6.96. The van der Waals surface area contributed by atoms with E-state index in [2.05, 4.69) is 60.5 Å². The number of carbonyl (C=O) groups is 2. The number of hydrogen-bond acceptors (Lipinski definition) is 4. The molecule has 0 aliphatic heterocycles. The van der Waals surface area contributed by atoms with Gasteiger partial charge in [0.25, 0.3) is 0 Å². The van der Waals surface area contributed by atoms with Crippen LogP contribution in [0.3, 0.4) is 0 Å². The van der Waals surface area contributed by atoms with Crippen LogP contribution in [-0.4, -0.2) is 61.9 Å². The van der Waals surface area contributed by atoms with Gasteiger partial charge in [-0.25, -0.2) is 0 Å². The van der Waals surface area contributed by atoms with Crippen LogP contribution in [0.15, 0.2) is 48.5 Å². The van der Waals surface area contributed by atoms with Crippen LogP contribution >= 0.6 is 0 Å². The Balaban J connectivity index is 1.76. The summed E-state index contributed by atoms with van der Waals surface area (Å²) in [5, 5.41) is 6.11. The molecule has 0 aromatic heterocycles. The highest BCUT2D eigenvalue weighted by Gasteiger charge is 2.08. The number of benzene rings is 2. The molecular formula is C33H52N4O2. The third-order valence-corrected chi connectivity index (χ3v) is 7.00. The number of carbonyl (C=O) groups excluding carboxylic acids is 2. The smallest absolute Gasteiger partial charge is 0.224 e. The monoisotopic (exact) mass is 536 g/mol. The Bertz CT molecular complexity index is 900. The first-order valence-electron chi connectivity index (χ1n) is 15.0. The van der Waals surface area contributed by atoms with Gasteiger partial charge in [0.15, 0.2) is 0 Å². The number of nitrogens with zero attached hydrogens (tertiary/aromatic N) is 2. The van der Waals surface area contributed by atoms with E-state index in [1.165, 1.54) is 38.5 Å². The van der Waals surface area contributed by atoms with Crippen LogP contribution in [0.4, 0.5) is 11.4 Å². The molecule has 0 bridgehead atoms. The Morgan fingerprint density at radius 3 is 1.44 bits per heavy atom. The Morgan fingerprint density at radius 2 is 1.03 bits per heavy atom. The average molecular weight is 537 g/mol. The second kappa shape index (κ2) is 19.4. The average Bonchev–Trinajstić information content (AvgIpc) is 2.89. The molecule has 0 aliphatic rings. The third kappa shape index (κ3) is 14.9. The first-order chi connectivity index (χ1) is 18.9. The minimum Gasteiger partial charge on any atom is -0.326 e. The summed E-state index contributed by atoms with van der Waals surface area (Å²) in [4.78, 5) is 29.6. The van der Waals surface area contributed by atoms with Crippen LogP contribution in [0, 0.1) is 0 Å². The van der Waals surface area contributed by atoms with Crippen molar-refractivity contribution in [3.8, 4) is 0 Å². The van der Waals surface area contributed by atoms with Gasteiger partial charge in [0.2, 0.25) is 11.8 Å². The van der Waals surface area contributed by atoms with Gasteiger partial charge in [0, 0.05) is 24.2 Å². The molecule has 39 heavy (non-hydrogen) atoms. The molecule has 2 rings (SSSR count). The third-order valence-electron chi connectivity index (χ3n) is 7.00. The van der Waals surface area contributed by atoms with Gasteiger partial charge in [-0.2, -0.15) is 0 Å². The Hall–Kier alpha value is -2.70. The van der Waals surface area contributed by atoms with Crippen molar-refractivity contribution in [1.29, 1.82) is 0 Å². The highest BCUT2D eigenvalue weighted by Crippen LogP contribution is 2.18. The van der Waals surface area contributed by atoms with E-state index in [-0.39, 0.29) is 11.8 Å². The molecule has 0 spiro atoms. The second-order valence-electron chi connectivity index (χ2n) is 10.9. The van der Waals surface area contributed by atoms with Crippen LogP contribution in [0.2, 0.25) is 0 Å². The number of rotatable bonds is 20. The van der Waals surface area contributed by atoms with E-state index in [0.29, 0.717) is 12.8 Å². The summed E-state index contributed by atoms with van der Waals surface area (Å²) in [7, 11) is 4.26. The van der Waals surface area contributed by atoms with Gasteiger partial charge in [-0.3, -0.25) is 9.59 Å². The SMILES string of the molecule is CCCCCN(C)CCCC(=O)Nc1cccc(Cc2cccc(NC(=O)CCCN(C)CCCCC)c2)c1. The highest BCUT2D eigenvalue weighted by atomic mass is 16.2. The van der Waals surface area contributed by atoms with Gasteiger partial charge in [-0.15, -0.1) is 0 Å². The van der Waals surface area contributed by atoms with Crippen molar-refractivity contribution < 1.29 is 9.59 Å². The van der Waals surface area contributed by atoms with Crippen molar-refractivity contribution in [3.05, 3.63) is 59.7 Å². The molecule has 0 saturated heterocycles. The lowest BCUT2D eigenvalue weighted by Gasteiger charge is -2.16. The molecule has 2 aromatic rings. The number of nitrogens with one attached hydrogen (secondary N) is 2. The zero-order chi connectivity index (χ0) is 28.3. The van der Waals surface area contributed by atoms with E-state index < -0.39 is 0 Å². The summed E-state index contributed by atoms with van der Waals surface area (Å²) in [5.41, 5.74) is 3.91. The van der Waals surface area contributed by atoms with E-state index in [0.717, 1.165) is 67.9 Å². The van der Waals surface area contributed by atoms with Crippen LogP contribution in [0.25, 0.3) is 0 Å². The lowest BCUT2D eigenvalue weighted by molar-refractivity contribution is -0.117. The molecule has 2 amide bonds. The first-order valence-corrected chi connectivity index (χ1v) is 15.0. The van der Waals surface area contributed by atoms with Crippen molar-refractivity contribution in [2.75, 3.05) is 50.9 Å². The van der Waals surface area contributed by atoms with Gasteiger partial charge in [-0.05, 0) is 108 Å². The highest BCUT2D eigenvalue weighted by molar-refractivity contribution is 5.91. The zero-order valence-corrected chi connectivity index (χ0v) is 24.9. The fourth-order valence-electron chi connectivity index (χ4n) is 4.71. The van der Waals surface area contributed by atoms with E-state index in [9.17, 15) is 9.59 Å². The molecule has 2 N–H and O–H groups in total. The first kappa shape index (κ1) is 32.5. The fraction of sp³-hybridized carbons (Fsp3) is 0.576. The van der Waals surface area contributed by atoms with Gasteiger partial charge in [-0.1, -0.05) is 63.8 Å². The van der Waals surface area contributed by atoms with Crippen molar-refractivity contribution in [3.63, 3.8) is 0 Å². The van der Waals surface area contributed by atoms with Gasteiger partial charge in [0.05, 0.1) is 0 Å². The van der Waals surface area contributed by atoms with E-state index in [1.54, 1.807) is 0 Å². The Labute approximate surface area is 237 Å². The molecule has 0 aliphatic carbocycles. The summed E-state index contributed by atoms with van der Waals surface area (Å²) in [6.07, 6.45) is 10.9. The number of amides is 2. The maximum atomic E-state index is 12.5. The van der Waals surface area contributed by atoms with Gasteiger partial charge < -0.3 is 20.4 Å². The summed E-state index contributed by atoms with van der Waals surface area (Å²) in [6, 6.07) is 16.1. The summed E-state index contributed by atoms with van der Waals surface area (Å²) in [6.45, 7) is 8.52. The minimum atomic E-state index is 0.0611. The van der Waals surface area contributed by atoms with E-state index >= 15 is 0 Å². The molecule has 0 atom stereocenters. The lowest BCUT2D eigenvalue weighted by Crippen LogP contribution is -2.22. The number of hydrogen-bond donors (Lipinski definition) is 2. The molecule has 216 valence electrons. The molecule has 2 aromatic carbocycles. The molecule has 0 radical (unpaired) electrons. The predicted molar refractivity (Wildman–Crippen MR) is 165 cm³/mol. The zero-order valence-electron chi connectivity index (χ0n) is 24.9. The van der Waals surface area contributed by atoms with Crippen molar-refractivity contribution >= 4 is 23.2 Å². The van der Waals surface area contributed by atoms with E-state index in [4.69, 9.17) is 0 Å². The van der Waals surface area contributed by atoms with Crippen LogP contribution < -0.4 is 10.6 Å².